The summed E-state index contributed by atoms with van der Waals surface area (Å²) in [5.74, 6) is -0.454. The van der Waals surface area contributed by atoms with Crippen LogP contribution in [0.25, 0.3) is 0 Å². The molecule has 2 rings (SSSR count). The second kappa shape index (κ2) is 5.53. The fourth-order valence-corrected chi connectivity index (χ4v) is 3.37. The Bertz CT molecular complexity index is 651. The van der Waals surface area contributed by atoms with Crippen LogP contribution in [0.4, 0.5) is 4.39 Å². The van der Waals surface area contributed by atoms with Gasteiger partial charge in [-0.2, -0.15) is 0 Å². The van der Waals surface area contributed by atoms with Crippen LogP contribution in [0.3, 0.4) is 0 Å². The number of benzene rings is 2. The molecule has 0 aliphatic carbocycles. The number of halogens is 1. The van der Waals surface area contributed by atoms with Crippen molar-refractivity contribution >= 4 is 9.84 Å². The molecule has 0 radical (unpaired) electrons. The Morgan fingerprint density at radius 1 is 1.05 bits per heavy atom. The van der Waals surface area contributed by atoms with Gasteiger partial charge in [0.2, 0.25) is 0 Å². The second-order valence-electron chi connectivity index (χ2n) is 4.49. The van der Waals surface area contributed by atoms with Crippen molar-refractivity contribution < 1.29 is 12.8 Å². The molecule has 100 valence electrons. The molecule has 19 heavy (non-hydrogen) atoms. The highest BCUT2D eigenvalue weighted by Gasteiger charge is 2.23. The molecule has 0 saturated heterocycles. The Labute approximate surface area is 112 Å². The standard InChI is InChI=1S/C15H15FO2S/c1-12(14-8-5-9-15(16)10-14)19(17,18)11-13-6-3-2-4-7-13/h2-10,12H,11H2,1H3/t12-/m0/s1. The summed E-state index contributed by atoms with van der Waals surface area (Å²) in [5, 5.41) is -0.719. The highest BCUT2D eigenvalue weighted by molar-refractivity contribution is 7.90. The molecule has 0 heterocycles. The minimum atomic E-state index is -3.35. The number of hydrogen-bond acceptors (Lipinski definition) is 2. The van der Waals surface area contributed by atoms with E-state index in [2.05, 4.69) is 0 Å². The van der Waals surface area contributed by atoms with Crippen molar-refractivity contribution in [2.75, 3.05) is 0 Å². The molecule has 0 spiro atoms. The van der Waals surface area contributed by atoms with Gasteiger partial charge in [-0.15, -0.1) is 0 Å². The van der Waals surface area contributed by atoms with Crippen LogP contribution in [0.5, 0.6) is 0 Å². The first kappa shape index (κ1) is 13.7. The zero-order valence-electron chi connectivity index (χ0n) is 10.6. The first-order valence-corrected chi connectivity index (χ1v) is 7.71. The molecule has 2 aromatic rings. The average Bonchev–Trinajstić information content (AvgIpc) is 2.38. The highest BCUT2D eigenvalue weighted by atomic mass is 32.2. The maximum Gasteiger partial charge on any atom is 0.161 e. The van der Waals surface area contributed by atoms with Crippen LogP contribution in [0.1, 0.15) is 23.3 Å². The summed E-state index contributed by atoms with van der Waals surface area (Å²) in [4.78, 5) is 0. The van der Waals surface area contributed by atoms with Gasteiger partial charge >= 0.3 is 0 Å². The lowest BCUT2D eigenvalue weighted by atomic mass is 10.2. The van der Waals surface area contributed by atoms with Crippen LogP contribution >= 0.6 is 0 Å². The van der Waals surface area contributed by atoms with Crippen molar-refractivity contribution in [2.45, 2.75) is 17.9 Å². The van der Waals surface area contributed by atoms with E-state index in [-0.39, 0.29) is 5.75 Å². The number of hydrogen-bond donors (Lipinski definition) is 0. The summed E-state index contributed by atoms with van der Waals surface area (Å²) in [6.45, 7) is 1.59. The summed E-state index contributed by atoms with van der Waals surface area (Å²) in [6.07, 6.45) is 0. The van der Waals surface area contributed by atoms with E-state index >= 15 is 0 Å². The first-order valence-electron chi connectivity index (χ1n) is 6.00. The third-order valence-electron chi connectivity index (χ3n) is 3.07. The third-order valence-corrected chi connectivity index (χ3v) is 5.15. The van der Waals surface area contributed by atoms with Gasteiger partial charge in [0.1, 0.15) is 5.82 Å². The molecule has 2 aromatic carbocycles. The van der Waals surface area contributed by atoms with Gasteiger partial charge in [0.15, 0.2) is 9.84 Å². The van der Waals surface area contributed by atoms with Gasteiger partial charge in [-0.05, 0) is 30.2 Å². The molecule has 0 fully saturated rings. The lowest BCUT2D eigenvalue weighted by Gasteiger charge is -2.13. The van der Waals surface area contributed by atoms with Gasteiger partial charge < -0.3 is 0 Å². The zero-order chi connectivity index (χ0) is 13.9. The van der Waals surface area contributed by atoms with Crippen LogP contribution in [-0.4, -0.2) is 8.42 Å². The normalized spacial score (nSPS) is 13.2. The molecular weight excluding hydrogens is 263 g/mol. The van der Waals surface area contributed by atoms with E-state index in [1.807, 2.05) is 6.07 Å². The van der Waals surface area contributed by atoms with Crippen molar-refractivity contribution in [1.82, 2.24) is 0 Å². The highest BCUT2D eigenvalue weighted by Crippen LogP contribution is 2.25. The largest absolute Gasteiger partial charge is 0.228 e. The van der Waals surface area contributed by atoms with Crippen LogP contribution in [0.2, 0.25) is 0 Å². The zero-order valence-corrected chi connectivity index (χ0v) is 11.4. The molecule has 0 aliphatic heterocycles. The Balaban J connectivity index is 2.25. The molecule has 0 N–H and O–H groups in total. The molecule has 0 amide bonds. The van der Waals surface area contributed by atoms with Gasteiger partial charge in [0.25, 0.3) is 0 Å². The molecule has 0 bridgehead atoms. The van der Waals surface area contributed by atoms with Crippen LogP contribution < -0.4 is 0 Å². The third kappa shape index (κ3) is 3.41. The molecule has 0 unspecified atom stereocenters. The van der Waals surface area contributed by atoms with Gasteiger partial charge in [0, 0.05) is 0 Å². The maximum absolute atomic E-state index is 13.1. The van der Waals surface area contributed by atoms with E-state index < -0.39 is 20.9 Å². The van der Waals surface area contributed by atoms with Gasteiger partial charge in [0.05, 0.1) is 11.0 Å². The number of rotatable bonds is 4. The van der Waals surface area contributed by atoms with E-state index in [0.717, 1.165) is 5.56 Å². The summed E-state index contributed by atoms with van der Waals surface area (Å²) in [5.41, 5.74) is 1.22. The lowest BCUT2D eigenvalue weighted by molar-refractivity contribution is 0.584. The minimum absolute atomic E-state index is 0.0362. The van der Waals surface area contributed by atoms with Crippen LogP contribution in [-0.2, 0) is 15.6 Å². The van der Waals surface area contributed by atoms with Crippen molar-refractivity contribution in [3.8, 4) is 0 Å². The van der Waals surface area contributed by atoms with Crippen LogP contribution in [0.15, 0.2) is 54.6 Å². The lowest BCUT2D eigenvalue weighted by Crippen LogP contribution is -2.13. The van der Waals surface area contributed by atoms with Crippen molar-refractivity contribution in [3.05, 3.63) is 71.5 Å². The Kier molecular flexibility index (Phi) is 4.00. The summed E-state index contributed by atoms with van der Waals surface area (Å²) in [6, 6.07) is 14.7. The quantitative estimate of drug-likeness (QED) is 0.857. The fraction of sp³-hybridized carbons (Fsp3) is 0.200. The van der Waals surface area contributed by atoms with Crippen molar-refractivity contribution in [1.29, 1.82) is 0 Å². The second-order valence-corrected chi connectivity index (χ2v) is 6.81. The van der Waals surface area contributed by atoms with E-state index in [1.165, 1.54) is 18.2 Å². The molecule has 4 heteroatoms. The Morgan fingerprint density at radius 2 is 1.74 bits per heavy atom. The first-order chi connectivity index (χ1) is 8.99. The number of sulfone groups is 1. The summed E-state index contributed by atoms with van der Waals surface area (Å²) in [7, 11) is -3.35. The predicted octanol–water partition coefficient (Wildman–Crippen LogP) is 3.50. The van der Waals surface area contributed by atoms with E-state index in [1.54, 1.807) is 37.3 Å². The molecule has 0 saturated carbocycles. The molecule has 0 aliphatic rings. The molecule has 0 aromatic heterocycles. The van der Waals surface area contributed by atoms with Crippen molar-refractivity contribution in [2.24, 2.45) is 0 Å². The minimum Gasteiger partial charge on any atom is -0.228 e. The van der Waals surface area contributed by atoms with E-state index in [0.29, 0.717) is 5.56 Å². The molecular formula is C15H15FO2S. The predicted molar refractivity (Wildman–Crippen MR) is 73.9 cm³/mol. The fourth-order valence-electron chi connectivity index (χ4n) is 1.90. The average molecular weight is 278 g/mol. The van der Waals surface area contributed by atoms with Crippen LogP contribution in [0, 0.1) is 5.82 Å². The SMILES string of the molecule is C[C@@H](c1cccc(F)c1)S(=O)(=O)Cc1ccccc1. The van der Waals surface area contributed by atoms with Gasteiger partial charge in [-0.1, -0.05) is 42.5 Å². The molecule has 1 atom stereocenters. The maximum atomic E-state index is 13.1. The monoisotopic (exact) mass is 278 g/mol. The van der Waals surface area contributed by atoms with Gasteiger partial charge in [-0.3, -0.25) is 0 Å². The Hall–Kier alpha value is -1.68. The Morgan fingerprint density at radius 3 is 2.37 bits per heavy atom. The van der Waals surface area contributed by atoms with Gasteiger partial charge in [-0.25, -0.2) is 12.8 Å². The summed E-state index contributed by atoms with van der Waals surface area (Å²) < 4.78 is 37.7. The topological polar surface area (TPSA) is 34.1 Å². The smallest absolute Gasteiger partial charge is 0.161 e. The van der Waals surface area contributed by atoms with E-state index in [9.17, 15) is 12.8 Å². The van der Waals surface area contributed by atoms with E-state index in [4.69, 9.17) is 0 Å². The molecule has 2 nitrogen and oxygen atoms in total. The summed E-state index contributed by atoms with van der Waals surface area (Å²) >= 11 is 0. The van der Waals surface area contributed by atoms with Crippen molar-refractivity contribution in [3.63, 3.8) is 0 Å².